The van der Waals surface area contributed by atoms with Crippen LogP contribution in [0, 0.1) is 5.92 Å². The summed E-state index contributed by atoms with van der Waals surface area (Å²) in [6, 6.07) is 30.1. The number of ketones is 1. The summed E-state index contributed by atoms with van der Waals surface area (Å²) >= 11 is 0. The van der Waals surface area contributed by atoms with Gasteiger partial charge in [0.25, 0.3) is 0 Å². The SMILES string of the molecule is CCCC1(CCCc2ccccc2)CC(=O)C(C(C=Cc2ccccc2)c2ccccc2)C(=O)O1. The number of esters is 1. The van der Waals surface area contributed by atoms with Gasteiger partial charge in [-0.15, -0.1) is 0 Å². The van der Waals surface area contributed by atoms with E-state index in [0.717, 1.165) is 30.4 Å². The first-order chi connectivity index (χ1) is 17.1. The summed E-state index contributed by atoms with van der Waals surface area (Å²) in [6.45, 7) is 2.08. The highest BCUT2D eigenvalue weighted by atomic mass is 16.6. The van der Waals surface area contributed by atoms with Crippen molar-refractivity contribution in [3.63, 3.8) is 0 Å². The molecule has 3 aromatic rings. The third kappa shape index (κ3) is 6.36. The minimum Gasteiger partial charge on any atom is -0.458 e. The molecule has 3 nitrogen and oxygen atoms in total. The molecule has 180 valence electrons. The van der Waals surface area contributed by atoms with Crippen LogP contribution in [0.25, 0.3) is 6.08 Å². The van der Waals surface area contributed by atoms with Crippen molar-refractivity contribution in [2.45, 2.75) is 57.0 Å². The highest BCUT2D eigenvalue weighted by molar-refractivity contribution is 6.03. The van der Waals surface area contributed by atoms with Crippen molar-refractivity contribution in [3.8, 4) is 0 Å². The monoisotopic (exact) mass is 466 g/mol. The number of rotatable bonds is 10. The number of cyclic esters (lactones) is 1. The number of Topliss-reactive ketones (excluding diaryl/α,β-unsaturated/α-hetero) is 1. The Hall–Kier alpha value is -3.46. The van der Waals surface area contributed by atoms with Crippen LogP contribution in [0.4, 0.5) is 0 Å². The van der Waals surface area contributed by atoms with E-state index < -0.39 is 11.5 Å². The van der Waals surface area contributed by atoms with E-state index >= 15 is 0 Å². The molecule has 0 aliphatic carbocycles. The maximum Gasteiger partial charge on any atom is 0.318 e. The molecule has 0 bridgehead atoms. The molecule has 0 spiro atoms. The fourth-order valence-corrected chi connectivity index (χ4v) is 5.21. The van der Waals surface area contributed by atoms with E-state index in [1.54, 1.807) is 0 Å². The standard InChI is InChI=1S/C32H34O3/c1-2-22-32(23-12-17-25-13-6-3-7-14-25)24-29(33)30(31(34)35-32)28(27-18-10-5-11-19-27)21-20-26-15-8-4-9-16-26/h3-11,13-16,18-21,28,30H,2,12,17,22-24H2,1H3. The lowest BCUT2D eigenvalue weighted by atomic mass is 9.74. The van der Waals surface area contributed by atoms with Gasteiger partial charge in [-0.1, -0.05) is 116 Å². The predicted molar refractivity (Wildman–Crippen MR) is 141 cm³/mol. The molecule has 0 N–H and O–H groups in total. The number of carbonyl (C=O) groups excluding carboxylic acids is 2. The van der Waals surface area contributed by atoms with E-state index in [1.165, 1.54) is 5.56 Å². The molecule has 0 amide bonds. The molecule has 0 aromatic heterocycles. The van der Waals surface area contributed by atoms with Crippen LogP contribution in [-0.4, -0.2) is 17.4 Å². The van der Waals surface area contributed by atoms with Gasteiger partial charge in [-0.25, -0.2) is 0 Å². The van der Waals surface area contributed by atoms with Crippen LogP contribution >= 0.6 is 0 Å². The summed E-state index contributed by atoms with van der Waals surface area (Å²) in [7, 11) is 0. The summed E-state index contributed by atoms with van der Waals surface area (Å²) in [5.41, 5.74) is 2.55. The largest absolute Gasteiger partial charge is 0.458 e. The van der Waals surface area contributed by atoms with Gasteiger partial charge in [0.1, 0.15) is 11.5 Å². The Morgan fingerprint density at radius 2 is 1.51 bits per heavy atom. The number of ether oxygens (including phenoxy) is 1. The second kappa shape index (κ2) is 11.8. The van der Waals surface area contributed by atoms with E-state index in [-0.39, 0.29) is 24.1 Å². The molecule has 4 rings (SSSR count). The second-order valence-corrected chi connectivity index (χ2v) is 9.52. The van der Waals surface area contributed by atoms with E-state index in [4.69, 9.17) is 4.74 Å². The Morgan fingerprint density at radius 3 is 2.14 bits per heavy atom. The summed E-state index contributed by atoms with van der Waals surface area (Å²) in [5.74, 6) is -1.58. The summed E-state index contributed by atoms with van der Waals surface area (Å²) in [5, 5.41) is 0. The Balaban J connectivity index is 1.54. The lowest BCUT2D eigenvalue weighted by molar-refractivity contribution is -0.180. The fourth-order valence-electron chi connectivity index (χ4n) is 5.21. The van der Waals surface area contributed by atoms with Crippen LogP contribution in [0.5, 0.6) is 0 Å². The molecule has 0 radical (unpaired) electrons. The third-order valence-corrected chi connectivity index (χ3v) is 6.90. The minimum absolute atomic E-state index is 0.0130. The Bertz CT molecular complexity index is 1100. The molecular formula is C32H34O3. The van der Waals surface area contributed by atoms with Crippen LogP contribution < -0.4 is 0 Å². The smallest absolute Gasteiger partial charge is 0.318 e. The van der Waals surface area contributed by atoms with Gasteiger partial charge in [0, 0.05) is 12.3 Å². The minimum atomic E-state index is -0.823. The van der Waals surface area contributed by atoms with Crippen molar-refractivity contribution in [3.05, 3.63) is 114 Å². The lowest BCUT2D eigenvalue weighted by Gasteiger charge is -2.40. The maximum absolute atomic E-state index is 13.6. The van der Waals surface area contributed by atoms with Crippen molar-refractivity contribution < 1.29 is 14.3 Å². The van der Waals surface area contributed by atoms with Crippen molar-refractivity contribution in [2.24, 2.45) is 5.92 Å². The molecule has 1 aliphatic rings. The quantitative estimate of drug-likeness (QED) is 0.235. The molecule has 3 unspecified atom stereocenters. The predicted octanol–water partition coefficient (Wildman–Crippen LogP) is 7.18. The van der Waals surface area contributed by atoms with E-state index in [2.05, 4.69) is 19.1 Å². The van der Waals surface area contributed by atoms with E-state index in [1.807, 2.05) is 91.0 Å². The van der Waals surface area contributed by atoms with Crippen molar-refractivity contribution in [1.29, 1.82) is 0 Å². The number of aryl methyl sites for hydroxylation is 1. The van der Waals surface area contributed by atoms with Crippen LogP contribution in [0.3, 0.4) is 0 Å². The van der Waals surface area contributed by atoms with Crippen LogP contribution in [0.15, 0.2) is 97.1 Å². The summed E-state index contributed by atoms with van der Waals surface area (Å²) in [4.78, 5) is 27.1. The van der Waals surface area contributed by atoms with Gasteiger partial charge in [0.05, 0.1) is 0 Å². The second-order valence-electron chi connectivity index (χ2n) is 9.52. The molecule has 3 heteroatoms. The Labute approximate surface area is 208 Å². The van der Waals surface area contributed by atoms with Gasteiger partial charge in [-0.3, -0.25) is 9.59 Å². The van der Waals surface area contributed by atoms with Gasteiger partial charge < -0.3 is 4.74 Å². The third-order valence-electron chi connectivity index (χ3n) is 6.90. The normalized spacial score (nSPS) is 21.1. The van der Waals surface area contributed by atoms with Gasteiger partial charge >= 0.3 is 5.97 Å². The molecule has 1 heterocycles. The fraction of sp³-hybridized carbons (Fsp3) is 0.312. The topological polar surface area (TPSA) is 43.4 Å². The van der Waals surface area contributed by atoms with Crippen LogP contribution in [-0.2, 0) is 20.7 Å². The zero-order valence-corrected chi connectivity index (χ0v) is 20.4. The van der Waals surface area contributed by atoms with Crippen LogP contribution in [0.1, 0.15) is 61.6 Å². The van der Waals surface area contributed by atoms with Crippen LogP contribution in [0.2, 0.25) is 0 Å². The van der Waals surface area contributed by atoms with Crippen molar-refractivity contribution in [2.75, 3.05) is 0 Å². The zero-order valence-electron chi connectivity index (χ0n) is 20.4. The van der Waals surface area contributed by atoms with Gasteiger partial charge in [-0.05, 0) is 42.4 Å². The maximum atomic E-state index is 13.6. The van der Waals surface area contributed by atoms with Gasteiger partial charge in [0.2, 0.25) is 0 Å². The van der Waals surface area contributed by atoms with E-state index in [9.17, 15) is 9.59 Å². The molecule has 35 heavy (non-hydrogen) atoms. The lowest BCUT2D eigenvalue weighted by Crippen LogP contribution is -2.49. The molecule has 1 saturated heterocycles. The molecule has 1 fully saturated rings. The Kier molecular flexibility index (Phi) is 8.31. The summed E-state index contributed by atoms with van der Waals surface area (Å²) < 4.78 is 6.20. The van der Waals surface area contributed by atoms with Crippen molar-refractivity contribution >= 4 is 17.8 Å². The first kappa shape index (κ1) is 24.7. The molecule has 0 saturated carbocycles. The number of allylic oxidation sites excluding steroid dienone is 1. The average Bonchev–Trinajstić information content (AvgIpc) is 2.87. The summed E-state index contributed by atoms with van der Waals surface area (Å²) in [6.07, 6.45) is 8.33. The molecular weight excluding hydrogens is 432 g/mol. The number of benzene rings is 3. The number of carbonyl (C=O) groups is 2. The Morgan fingerprint density at radius 1 is 0.886 bits per heavy atom. The van der Waals surface area contributed by atoms with Gasteiger partial charge in [-0.2, -0.15) is 0 Å². The highest BCUT2D eigenvalue weighted by Gasteiger charge is 2.48. The van der Waals surface area contributed by atoms with E-state index in [0.29, 0.717) is 12.8 Å². The molecule has 1 aliphatic heterocycles. The average molecular weight is 467 g/mol. The molecule has 3 atom stereocenters. The highest BCUT2D eigenvalue weighted by Crippen LogP contribution is 2.40. The number of hydrogen-bond acceptors (Lipinski definition) is 3. The first-order valence-corrected chi connectivity index (χ1v) is 12.7. The zero-order chi connectivity index (χ0) is 24.5. The molecule has 3 aromatic carbocycles. The first-order valence-electron chi connectivity index (χ1n) is 12.7. The van der Waals surface area contributed by atoms with Gasteiger partial charge in [0.15, 0.2) is 5.78 Å². The number of hydrogen-bond donors (Lipinski definition) is 0. The van der Waals surface area contributed by atoms with Crippen molar-refractivity contribution in [1.82, 2.24) is 0 Å².